The number of nitrogens with one attached hydrogen (secondary N) is 1. The Bertz CT molecular complexity index is 468. The largest absolute Gasteiger partial charge is 0.396 e. The van der Waals surface area contributed by atoms with E-state index in [9.17, 15) is 4.79 Å². The van der Waals surface area contributed by atoms with Gasteiger partial charge >= 0.3 is 0 Å². The summed E-state index contributed by atoms with van der Waals surface area (Å²) in [5, 5.41) is 12.1. The van der Waals surface area contributed by atoms with Crippen LogP contribution in [0.4, 0.5) is 0 Å². The molecule has 2 N–H and O–H groups in total. The molecule has 1 aliphatic rings. The predicted molar refractivity (Wildman–Crippen MR) is 71.0 cm³/mol. The number of aromatic nitrogens is 1. The molecule has 0 bridgehead atoms. The van der Waals surface area contributed by atoms with Crippen molar-refractivity contribution in [2.24, 2.45) is 0 Å². The van der Waals surface area contributed by atoms with Gasteiger partial charge in [0.2, 0.25) is 0 Å². The number of ether oxygens (including phenoxy) is 1. The first-order valence-corrected chi connectivity index (χ1v) is 6.52. The van der Waals surface area contributed by atoms with E-state index >= 15 is 0 Å². The van der Waals surface area contributed by atoms with Gasteiger partial charge in [0.25, 0.3) is 5.91 Å². The van der Waals surface area contributed by atoms with E-state index in [1.807, 2.05) is 19.9 Å². The lowest BCUT2D eigenvalue weighted by Gasteiger charge is -2.27. The molecule has 1 aliphatic heterocycles. The van der Waals surface area contributed by atoms with E-state index in [1.165, 1.54) is 0 Å². The summed E-state index contributed by atoms with van der Waals surface area (Å²) in [6.07, 6.45) is 1.23. The molecular weight excluding hydrogens is 244 g/mol. The van der Waals surface area contributed by atoms with E-state index in [2.05, 4.69) is 10.3 Å². The van der Waals surface area contributed by atoms with Crippen molar-refractivity contribution in [3.8, 4) is 0 Å². The molecule has 1 fully saturated rings. The maximum absolute atomic E-state index is 12.2. The van der Waals surface area contributed by atoms with Crippen LogP contribution < -0.4 is 5.32 Å². The lowest BCUT2D eigenvalue weighted by atomic mass is 9.94. The summed E-state index contributed by atoms with van der Waals surface area (Å²) in [6, 6.07) is 3.61. The van der Waals surface area contributed by atoms with Crippen molar-refractivity contribution in [3.63, 3.8) is 0 Å². The standard InChI is InChI=1S/C14H20N2O3/c1-10-3-4-12(15-11(10)2)13(18)16-14(5-7-17)6-8-19-9-14/h3-4,17H,5-9H2,1-2H3,(H,16,18)/t14-/m0/s1. The molecule has 0 radical (unpaired) electrons. The molecule has 1 aromatic rings. The van der Waals surface area contributed by atoms with Crippen molar-refractivity contribution in [2.45, 2.75) is 32.2 Å². The fourth-order valence-electron chi connectivity index (χ4n) is 2.24. The molecule has 104 valence electrons. The minimum absolute atomic E-state index is 0.0317. The lowest BCUT2D eigenvalue weighted by molar-refractivity contribution is 0.0845. The molecular formula is C14H20N2O3. The van der Waals surface area contributed by atoms with E-state index < -0.39 is 5.54 Å². The van der Waals surface area contributed by atoms with Crippen LogP contribution in [0.5, 0.6) is 0 Å². The number of nitrogens with zero attached hydrogens (tertiary/aromatic N) is 1. The Labute approximate surface area is 113 Å². The first-order chi connectivity index (χ1) is 9.06. The molecule has 1 aromatic heterocycles. The van der Waals surface area contributed by atoms with Crippen LogP contribution in [0.1, 0.15) is 34.6 Å². The van der Waals surface area contributed by atoms with Crippen LogP contribution in [0.25, 0.3) is 0 Å². The van der Waals surface area contributed by atoms with Crippen molar-refractivity contribution in [1.29, 1.82) is 0 Å². The van der Waals surface area contributed by atoms with Crippen LogP contribution in [-0.2, 0) is 4.74 Å². The van der Waals surface area contributed by atoms with E-state index in [0.717, 1.165) is 17.7 Å². The van der Waals surface area contributed by atoms with Gasteiger partial charge in [-0.1, -0.05) is 6.07 Å². The van der Waals surface area contributed by atoms with Gasteiger partial charge in [-0.15, -0.1) is 0 Å². The minimum atomic E-state index is -0.452. The van der Waals surface area contributed by atoms with Gasteiger partial charge < -0.3 is 15.2 Å². The highest BCUT2D eigenvalue weighted by Gasteiger charge is 2.36. The van der Waals surface area contributed by atoms with Crippen molar-refractivity contribution >= 4 is 5.91 Å². The number of carbonyl (C=O) groups excluding carboxylic acids is 1. The van der Waals surface area contributed by atoms with E-state index in [4.69, 9.17) is 9.84 Å². The molecule has 0 unspecified atom stereocenters. The van der Waals surface area contributed by atoms with Crippen molar-refractivity contribution in [1.82, 2.24) is 10.3 Å². The number of amides is 1. The number of aryl methyl sites for hydroxylation is 2. The van der Waals surface area contributed by atoms with E-state index in [1.54, 1.807) is 6.07 Å². The molecule has 2 rings (SSSR count). The Balaban J connectivity index is 2.12. The normalized spacial score (nSPS) is 22.5. The maximum atomic E-state index is 12.2. The number of hydrogen-bond donors (Lipinski definition) is 2. The molecule has 0 spiro atoms. The molecule has 5 nitrogen and oxygen atoms in total. The molecule has 0 aliphatic carbocycles. The van der Waals surface area contributed by atoms with Gasteiger partial charge in [-0.25, -0.2) is 4.98 Å². The first-order valence-electron chi connectivity index (χ1n) is 6.52. The van der Waals surface area contributed by atoms with E-state index in [-0.39, 0.29) is 12.5 Å². The Kier molecular flexibility index (Phi) is 4.17. The number of aliphatic hydroxyl groups is 1. The Morgan fingerprint density at radius 3 is 2.89 bits per heavy atom. The van der Waals surface area contributed by atoms with Crippen LogP contribution in [0.15, 0.2) is 12.1 Å². The first kappa shape index (κ1) is 14.0. The zero-order valence-corrected chi connectivity index (χ0v) is 11.4. The minimum Gasteiger partial charge on any atom is -0.396 e. The maximum Gasteiger partial charge on any atom is 0.270 e. The summed E-state index contributed by atoms with van der Waals surface area (Å²) in [6.45, 7) is 4.94. The van der Waals surface area contributed by atoms with Crippen LogP contribution in [0, 0.1) is 13.8 Å². The van der Waals surface area contributed by atoms with E-state index in [0.29, 0.717) is 25.3 Å². The molecule has 5 heteroatoms. The fraction of sp³-hybridized carbons (Fsp3) is 0.571. The predicted octanol–water partition coefficient (Wildman–Crippen LogP) is 0.970. The van der Waals surface area contributed by atoms with Gasteiger partial charge in [0, 0.05) is 18.9 Å². The molecule has 1 saturated heterocycles. The van der Waals surface area contributed by atoms with Crippen LogP contribution in [0.2, 0.25) is 0 Å². The van der Waals surface area contributed by atoms with Crippen molar-refractivity contribution < 1.29 is 14.6 Å². The fourth-order valence-corrected chi connectivity index (χ4v) is 2.24. The Morgan fingerprint density at radius 2 is 2.32 bits per heavy atom. The molecule has 0 saturated carbocycles. The second kappa shape index (κ2) is 5.67. The summed E-state index contributed by atoms with van der Waals surface area (Å²) in [5.74, 6) is -0.206. The highest BCUT2D eigenvalue weighted by molar-refractivity contribution is 5.92. The SMILES string of the molecule is Cc1ccc(C(=O)N[C@@]2(CCO)CCOC2)nc1C. The van der Waals surface area contributed by atoms with Gasteiger partial charge in [0.05, 0.1) is 12.1 Å². The number of pyridine rings is 1. The van der Waals surface area contributed by atoms with Gasteiger partial charge in [-0.2, -0.15) is 0 Å². The van der Waals surface area contributed by atoms with Crippen molar-refractivity contribution in [2.75, 3.05) is 19.8 Å². The van der Waals surface area contributed by atoms with Crippen LogP contribution in [0.3, 0.4) is 0 Å². The van der Waals surface area contributed by atoms with Gasteiger partial charge in [0.15, 0.2) is 0 Å². The topological polar surface area (TPSA) is 71.5 Å². The van der Waals surface area contributed by atoms with Crippen molar-refractivity contribution in [3.05, 3.63) is 29.1 Å². The average Bonchev–Trinajstić information content (AvgIpc) is 2.81. The summed E-state index contributed by atoms with van der Waals surface area (Å²) >= 11 is 0. The third-order valence-corrected chi connectivity index (χ3v) is 3.66. The van der Waals surface area contributed by atoms with Gasteiger partial charge in [-0.3, -0.25) is 4.79 Å². The smallest absolute Gasteiger partial charge is 0.270 e. The Hall–Kier alpha value is -1.46. The molecule has 0 aromatic carbocycles. The van der Waals surface area contributed by atoms with Gasteiger partial charge in [0.1, 0.15) is 5.69 Å². The number of hydrogen-bond acceptors (Lipinski definition) is 4. The summed E-state index contributed by atoms with van der Waals surface area (Å²) in [7, 11) is 0. The highest BCUT2D eigenvalue weighted by atomic mass is 16.5. The zero-order chi connectivity index (χ0) is 13.9. The quantitative estimate of drug-likeness (QED) is 0.850. The second-order valence-electron chi connectivity index (χ2n) is 5.11. The Morgan fingerprint density at radius 1 is 1.53 bits per heavy atom. The lowest BCUT2D eigenvalue weighted by Crippen LogP contribution is -2.50. The molecule has 1 amide bonds. The van der Waals surface area contributed by atoms with Gasteiger partial charge in [-0.05, 0) is 38.3 Å². The summed E-state index contributed by atoms with van der Waals surface area (Å²) in [4.78, 5) is 16.5. The highest BCUT2D eigenvalue weighted by Crippen LogP contribution is 2.22. The summed E-state index contributed by atoms with van der Waals surface area (Å²) in [5.41, 5.74) is 1.87. The number of rotatable bonds is 4. The van der Waals surface area contributed by atoms with Crippen LogP contribution in [-0.4, -0.2) is 41.4 Å². The summed E-state index contributed by atoms with van der Waals surface area (Å²) < 4.78 is 5.35. The molecule has 2 heterocycles. The monoisotopic (exact) mass is 264 g/mol. The third kappa shape index (κ3) is 3.11. The second-order valence-corrected chi connectivity index (χ2v) is 5.11. The number of aliphatic hydroxyl groups excluding tert-OH is 1. The zero-order valence-electron chi connectivity index (χ0n) is 11.4. The third-order valence-electron chi connectivity index (χ3n) is 3.66. The van der Waals surface area contributed by atoms with Crippen LogP contribution >= 0.6 is 0 Å². The average molecular weight is 264 g/mol. The molecule has 1 atom stereocenters. The molecule has 19 heavy (non-hydrogen) atoms. The number of carbonyl (C=O) groups is 1.